The maximum atomic E-state index is 5.81. The van der Waals surface area contributed by atoms with Crippen molar-refractivity contribution in [3.8, 4) is 5.88 Å². The molecule has 0 fully saturated rings. The monoisotopic (exact) mass is 335 g/mol. The Hall–Kier alpha value is -1.62. The van der Waals surface area contributed by atoms with E-state index >= 15 is 0 Å². The number of nitrogen functional groups attached to an aromatic ring is 1. The van der Waals surface area contributed by atoms with Crippen molar-refractivity contribution in [2.75, 3.05) is 5.73 Å². The Morgan fingerprint density at radius 1 is 1.20 bits per heavy atom. The van der Waals surface area contributed by atoms with Crippen molar-refractivity contribution in [3.05, 3.63) is 46.2 Å². The normalized spacial score (nSPS) is 11.4. The zero-order valence-corrected chi connectivity index (χ0v) is 13.4. The molecule has 0 aliphatic heterocycles. The molecule has 0 spiro atoms. The van der Waals surface area contributed by atoms with E-state index in [2.05, 4.69) is 25.9 Å². The summed E-state index contributed by atoms with van der Waals surface area (Å²) in [5, 5.41) is 0. The molecule has 0 aliphatic rings. The van der Waals surface area contributed by atoms with Crippen LogP contribution < -0.4 is 10.5 Å². The predicted octanol–water partition coefficient (Wildman–Crippen LogP) is 3.70. The van der Waals surface area contributed by atoms with Crippen LogP contribution in [0.1, 0.15) is 32.2 Å². The average molecular weight is 336 g/mol. The van der Waals surface area contributed by atoms with E-state index in [0.717, 1.165) is 10.0 Å². The van der Waals surface area contributed by atoms with Gasteiger partial charge in [-0.1, -0.05) is 54.9 Å². The fourth-order valence-electron chi connectivity index (χ4n) is 1.62. The highest BCUT2D eigenvalue weighted by atomic mass is 79.9. The Labute approximate surface area is 127 Å². The third-order valence-electron chi connectivity index (χ3n) is 2.73. The third kappa shape index (κ3) is 3.70. The summed E-state index contributed by atoms with van der Waals surface area (Å²) in [7, 11) is 0. The summed E-state index contributed by atoms with van der Waals surface area (Å²) in [6, 6.07) is 9.56. The van der Waals surface area contributed by atoms with Crippen molar-refractivity contribution >= 4 is 21.7 Å². The summed E-state index contributed by atoms with van der Waals surface area (Å²) in [6.45, 7) is 6.56. The zero-order chi connectivity index (χ0) is 14.8. The minimum atomic E-state index is -0.166. The number of nitrogens with zero attached hydrogens (tertiary/aromatic N) is 2. The van der Waals surface area contributed by atoms with Crippen LogP contribution in [0.3, 0.4) is 0 Å². The number of hydrogen-bond acceptors (Lipinski definition) is 4. The van der Waals surface area contributed by atoms with Crippen LogP contribution >= 0.6 is 15.9 Å². The molecule has 5 heteroatoms. The number of halogens is 1. The van der Waals surface area contributed by atoms with Gasteiger partial charge in [0.15, 0.2) is 0 Å². The number of hydrogen-bond donors (Lipinski definition) is 1. The van der Waals surface area contributed by atoms with E-state index in [-0.39, 0.29) is 5.41 Å². The second-order valence-corrected chi connectivity index (χ2v) is 6.44. The van der Waals surface area contributed by atoms with Gasteiger partial charge in [0.25, 0.3) is 0 Å². The van der Waals surface area contributed by atoms with Gasteiger partial charge in [0, 0.05) is 21.5 Å². The maximum absolute atomic E-state index is 5.81. The van der Waals surface area contributed by atoms with Gasteiger partial charge in [0.1, 0.15) is 18.2 Å². The Balaban J connectivity index is 2.18. The first kappa shape index (κ1) is 14.8. The fraction of sp³-hybridized carbons (Fsp3) is 0.333. The Bertz CT molecular complexity index is 608. The third-order valence-corrected chi connectivity index (χ3v) is 3.50. The van der Waals surface area contributed by atoms with E-state index in [1.807, 2.05) is 45.0 Å². The number of anilines is 1. The highest BCUT2D eigenvalue weighted by Gasteiger charge is 2.19. The number of nitrogens with two attached hydrogens (primary N) is 1. The van der Waals surface area contributed by atoms with Crippen LogP contribution in [0.25, 0.3) is 0 Å². The maximum Gasteiger partial charge on any atom is 0.219 e. The molecule has 0 radical (unpaired) electrons. The van der Waals surface area contributed by atoms with Crippen LogP contribution in [0.4, 0.5) is 5.82 Å². The van der Waals surface area contributed by atoms with Crippen molar-refractivity contribution in [2.45, 2.75) is 32.8 Å². The Kier molecular flexibility index (Phi) is 4.28. The Morgan fingerprint density at radius 3 is 2.55 bits per heavy atom. The lowest BCUT2D eigenvalue weighted by atomic mass is 9.96. The molecule has 20 heavy (non-hydrogen) atoms. The van der Waals surface area contributed by atoms with Crippen LogP contribution in [-0.4, -0.2) is 9.97 Å². The van der Waals surface area contributed by atoms with Crippen molar-refractivity contribution in [3.63, 3.8) is 0 Å². The SMILES string of the molecule is CC(C)(C)c1nc(N)cc(OCc2ccccc2Br)n1. The summed E-state index contributed by atoms with van der Waals surface area (Å²) < 4.78 is 6.74. The molecule has 106 valence electrons. The van der Waals surface area contributed by atoms with Crippen molar-refractivity contribution in [1.29, 1.82) is 0 Å². The van der Waals surface area contributed by atoms with E-state index in [9.17, 15) is 0 Å². The first-order valence-electron chi connectivity index (χ1n) is 6.37. The van der Waals surface area contributed by atoms with Crippen LogP contribution in [-0.2, 0) is 12.0 Å². The average Bonchev–Trinajstić information content (AvgIpc) is 2.36. The summed E-state index contributed by atoms with van der Waals surface area (Å²) in [5.74, 6) is 1.60. The van der Waals surface area contributed by atoms with Crippen LogP contribution in [0.15, 0.2) is 34.8 Å². The molecule has 4 nitrogen and oxygen atoms in total. The molecule has 0 saturated carbocycles. The molecule has 1 heterocycles. The minimum absolute atomic E-state index is 0.166. The van der Waals surface area contributed by atoms with Gasteiger partial charge in [-0.3, -0.25) is 0 Å². The Morgan fingerprint density at radius 2 is 1.90 bits per heavy atom. The molecule has 2 N–H and O–H groups in total. The van der Waals surface area contributed by atoms with Crippen LogP contribution in [0.5, 0.6) is 5.88 Å². The van der Waals surface area contributed by atoms with Gasteiger partial charge in [0.2, 0.25) is 5.88 Å². The number of rotatable bonds is 3. The van der Waals surface area contributed by atoms with E-state index in [1.54, 1.807) is 6.07 Å². The molecular weight excluding hydrogens is 318 g/mol. The fourth-order valence-corrected chi connectivity index (χ4v) is 2.02. The molecule has 1 aromatic carbocycles. The predicted molar refractivity (Wildman–Crippen MR) is 83.6 cm³/mol. The van der Waals surface area contributed by atoms with E-state index < -0.39 is 0 Å². The lowest BCUT2D eigenvalue weighted by Crippen LogP contribution is -2.17. The summed E-state index contributed by atoms with van der Waals surface area (Å²) in [6.07, 6.45) is 0. The summed E-state index contributed by atoms with van der Waals surface area (Å²) >= 11 is 3.49. The van der Waals surface area contributed by atoms with E-state index in [1.165, 1.54) is 0 Å². The van der Waals surface area contributed by atoms with Crippen molar-refractivity contribution in [2.24, 2.45) is 0 Å². The second-order valence-electron chi connectivity index (χ2n) is 5.58. The van der Waals surface area contributed by atoms with Gasteiger partial charge in [0.05, 0.1) is 0 Å². The number of ether oxygens (including phenoxy) is 1. The lowest BCUT2D eigenvalue weighted by molar-refractivity contribution is 0.289. The van der Waals surface area contributed by atoms with Crippen molar-refractivity contribution < 1.29 is 4.74 Å². The highest BCUT2D eigenvalue weighted by Crippen LogP contribution is 2.23. The van der Waals surface area contributed by atoms with Gasteiger partial charge in [-0.05, 0) is 6.07 Å². The van der Waals surface area contributed by atoms with Crippen molar-refractivity contribution in [1.82, 2.24) is 9.97 Å². The zero-order valence-electron chi connectivity index (χ0n) is 11.9. The topological polar surface area (TPSA) is 61.0 Å². The number of aromatic nitrogens is 2. The minimum Gasteiger partial charge on any atom is -0.473 e. The molecule has 1 aromatic heterocycles. The molecule has 0 bridgehead atoms. The summed E-state index contributed by atoms with van der Waals surface area (Å²) in [4.78, 5) is 8.68. The standard InChI is InChI=1S/C15H18BrN3O/c1-15(2,3)14-18-12(17)8-13(19-14)20-9-10-6-4-5-7-11(10)16/h4-8H,9H2,1-3H3,(H2,17,18,19). The van der Waals surface area contributed by atoms with Gasteiger partial charge in [-0.2, -0.15) is 4.98 Å². The molecule has 0 amide bonds. The van der Waals surface area contributed by atoms with Gasteiger partial charge in [-0.25, -0.2) is 4.98 Å². The molecule has 2 rings (SSSR count). The second kappa shape index (κ2) is 5.79. The largest absolute Gasteiger partial charge is 0.473 e. The van der Waals surface area contributed by atoms with Crippen LogP contribution in [0.2, 0.25) is 0 Å². The molecule has 0 saturated heterocycles. The molecule has 0 atom stereocenters. The smallest absolute Gasteiger partial charge is 0.219 e. The van der Waals surface area contributed by atoms with E-state index in [4.69, 9.17) is 10.5 Å². The quantitative estimate of drug-likeness (QED) is 0.928. The van der Waals surface area contributed by atoms with Gasteiger partial charge >= 0.3 is 0 Å². The molecular formula is C15H18BrN3O. The highest BCUT2D eigenvalue weighted by molar-refractivity contribution is 9.10. The number of benzene rings is 1. The summed E-state index contributed by atoms with van der Waals surface area (Å²) in [5.41, 5.74) is 6.71. The lowest BCUT2D eigenvalue weighted by Gasteiger charge is -2.17. The van der Waals surface area contributed by atoms with E-state index in [0.29, 0.717) is 24.1 Å². The van der Waals surface area contributed by atoms with Gasteiger partial charge in [-0.15, -0.1) is 0 Å². The first-order valence-corrected chi connectivity index (χ1v) is 7.17. The molecule has 2 aromatic rings. The molecule has 0 unspecified atom stereocenters. The van der Waals surface area contributed by atoms with Gasteiger partial charge < -0.3 is 10.5 Å². The molecule has 0 aliphatic carbocycles. The first-order chi connectivity index (χ1) is 9.36. The van der Waals surface area contributed by atoms with Crippen LogP contribution in [0, 0.1) is 0 Å².